The van der Waals surface area contributed by atoms with Gasteiger partial charge >= 0.3 is 0 Å². The smallest absolute Gasteiger partial charge is 0.234 e. The molecule has 0 aromatic rings. The second-order valence-corrected chi connectivity index (χ2v) is 8.64. The van der Waals surface area contributed by atoms with Gasteiger partial charge in [0.1, 0.15) is 0 Å². The normalized spacial score (nSPS) is 28.9. The zero-order valence-corrected chi connectivity index (χ0v) is 16.9. The minimum Gasteiger partial charge on any atom is -0.352 e. The number of piperazine rings is 1. The Morgan fingerprint density at radius 2 is 2.00 bits per heavy atom. The number of hydrogen-bond donors (Lipinski definition) is 1. The molecule has 1 atom stereocenters. The number of likely N-dealkylation sites (N-methyl/N-ethyl adjacent to an activating group) is 1. The summed E-state index contributed by atoms with van der Waals surface area (Å²) in [5.41, 5.74) is -0.00501. The van der Waals surface area contributed by atoms with Gasteiger partial charge in [-0.2, -0.15) is 0 Å². The summed E-state index contributed by atoms with van der Waals surface area (Å²) in [5.74, 6) is 0.395. The summed E-state index contributed by atoms with van der Waals surface area (Å²) in [6.45, 7) is 8.40. The lowest BCUT2D eigenvalue weighted by Gasteiger charge is -2.49. The second kappa shape index (κ2) is 9.20. The highest BCUT2D eigenvalue weighted by Crippen LogP contribution is 2.32. The fourth-order valence-corrected chi connectivity index (χ4v) is 4.98. The number of amides is 2. The monoisotopic (exact) mass is 376 g/mol. The number of likely N-dealkylation sites (tertiary alicyclic amines) is 1. The summed E-state index contributed by atoms with van der Waals surface area (Å²) in [5, 5.41) is 3.24. The van der Waals surface area contributed by atoms with E-state index in [4.69, 9.17) is 0 Å². The molecule has 6 heteroatoms. The lowest BCUT2D eigenvalue weighted by atomic mass is 9.86. The van der Waals surface area contributed by atoms with Crippen LogP contribution < -0.4 is 5.32 Å². The Morgan fingerprint density at radius 3 is 2.74 bits per heavy atom. The van der Waals surface area contributed by atoms with Gasteiger partial charge in [-0.05, 0) is 32.7 Å². The van der Waals surface area contributed by atoms with Gasteiger partial charge in [0.25, 0.3) is 0 Å². The molecule has 2 saturated heterocycles. The molecule has 2 amide bonds. The van der Waals surface area contributed by atoms with Gasteiger partial charge in [-0.25, -0.2) is 0 Å². The van der Waals surface area contributed by atoms with E-state index in [9.17, 15) is 9.59 Å². The van der Waals surface area contributed by atoms with E-state index in [1.54, 1.807) is 0 Å². The van der Waals surface area contributed by atoms with Crippen LogP contribution in [0.3, 0.4) is 0 Å². The van der Waals surface area contributed by atoms with Gasteiger partial charge in [-0.15, -0.1) is 6.58 Å². The summed E-state index contributed by atoms with van der Waals surface area (Å²) in [7, 11) is 2.17. The maximum atomic E-state index is 12.5. The van der Waals surface area contributed by atoms with Crippen LogP contribution in [0.5, 0.6) is 0 Å². The van der Waals surface area contributed by atoms with Crippen LogP contribution in [-0.4, -0.2) is 84.4 Å². The van der Waals surface area contributed by atoms with E-state index >= 15 is 0 Å². The van der Waals surface area contributed by atoms with Crippen LogP contribution in [-0.2, 0) is 9.59 Å². The highest BCUT2D eigenvalue weighted by atomic mass is 16.2. The molecule has 3 fully saturated rings. The Bertz CT molecular complexity index is 546. The Morgan fingerprint density at radius 1 is 1.22 bits per heavy atom. The number of nitrogens with zero attached hydrogens (tertiary/aromatic N) is 3. The summed E-state index contributed by atoms with van der Waals surface area (Å²) in [6, 6.07) is 0.371. The van der Waals surface area contributed by atoms with Gasteiger partial charge < -0.3 is 10.2 Å². The van der Waals surface area contributed by atoms with Crippen LogP contribution in [0, 0.1) is 0 Å². The van der Waals surface area contributed by atoms with Crippen molar-refractivity contribution >= 4 is 11.8 Å². The summed E-state index contributed by atoms with van der Waals surface area (Å²) in [6.07, 6.45) is 10.2. The molecule has 2 aliphatic heterocycles. The van der Waals surface area contributed by atoms with Crippen molar-refractivity contribution in [3.05, 3.63) is 12.7 Å². The SMILES string of the molecule is C=CCN1CC[C@]2(CCC1=O)CN(CC(=O)NC1CCCCC1)CCN2C. The van der Waals surface area contributed by atoms with E-state index in [1.807, 2.05) is 11.0 Å². The molecule has 0 unspecified atom stereocenters. The highest BCUT2D eigenvalue weighted by Gasteiger charge is 2.42. The molecular formula is C21H36N4O2. The zero-order chi connectivity index (χ0) is 19.3. The molecule has 1 aliphatic carbocycles. The Kier molecular flexibility index (Phi) is 6.93. The largest absolute Gasteiger partial charge is 0.352 e. The summed E-state index contributed by atoms with van der Waals surface area (Å²) >= 11 is 0. The van der Waals surface area contributed by atoms with Crippen molar-refractivity contribution in [1.82, 2.24) is 20.0 Å². The number of nitrogens with one attached hydrogen (secondary N) is 1. The van der Waals surface area contributed by atoms with Crippen molar-refractivity contribution in [2.45, 2.75) is 62.9 Å². The van der Waals surface area contributed by atoms with Gasteiger partial charge in [0.05, 0.1) is 6.54 Å². The molecule has 0 bridgehead atoms. The fourth-order valence-electron chi connectivity index (χ4n) is 4.98. The van der Waals surface area contributed by atoms with E-state index in [0.29, 0.717) is 25.6 Å². The first-order chi connectivity index (χ1) is 13.0. The molecule has 1 N–H and O–H groups in total. The maximum absolute atomic E-state index is 12.5. The van der Waals surface area contributed by atoms with Crippen molar-refractivity contribution in [3.63, 3.8) is 0 Å². The minimum absolute atomic E-state index is 0.00501. The second-order valence-electron chi connectivity index (χ2n) is 8.64. The lowest BCUT2D eigenvalue weighted by molar-refractivity contribution is -0.130. The minimum atomic E-state index is -0.00501. The van der Waals surface area contributed by atoms with Gasteiger partial charge in [-0.3, -0.25) is 19.4 Å². The van der Waals surface area contributed by atoms with Crippen molar-refractivity contribution in [2.24, 2.45) is 0 Å². The van der Waals surface area contributed by atoms with Gasteiger partial charge in [0, 0.05) is 50.7 Å². The Labute approximate surface area is 163 Å². The molecule has 6 nitrogen and oxygen atoms in total. The van der Waals surface area contributed by atoms with Crippen molar-refractivity contribution in [1.29, 1.82) is 0 Å². The predicted molar refractivity (Wildman–Crippen MR) is 107 cm³/mol. The molecule has 1 spiro atoms. The first kappa shape index (κ1) is 20.3. The zero-order valence-electron chi connectivity index (χ0n) is 16.9. The third kappa shape index (κ3) is 5.11. The van der Waals surface area contributed by atoms with Crippen LogP contribution in [0.25, 0.3) is 0 Å². The molecule has 0 aromatic heterocycles. The van der Waals surface area contributed by atoms with E-state index < -0.39 is 0 Å². The van der Waals surface area contributed by atoms with Crippen LogP contribution in [0.1, 0.15) is 51.4 Å². The predicted octanol–water partition coefficient (Wildman–Crippen LogP) is 1.62. The Hall–Kier alpha value is -1.40. The highest BCUT2D eigenvalue weighted by molar-refractivity contribution is 5.78. The van der Waals surface area contributed by atoms with Gasteiger partial charge in [-0.1, -0.05) is 25.3 Å². The number of carbonyl (C=O) groups is 2. The third-order valence-electron chi connectivity index (χ3n) is 6.77. The first-order valence-electron chi connectivity index (χ1n) is 10.6. The molecule has 3 rings (SSSR count). The van der Waals surface area contributed by atoms with Gasteiger partial charge in [0.15, 0.2) is 0 Å². The fraction of sp³-hybridized carbons (Fsp3) is 0.810. The van der Waals surface area contributed by atoms with E-state index in [0.717, 1.165) is 51.9 Å². The van der Waals surface area contributed by atoms with Crippen LogP contribution in [0.15, 0.2) is 12.7 Å². The molecule has 152 valence electrons. The van der Waals surface area contributed by atoms with Crippen LogP contribution >= 0.6 is 0 Å². The van der Waals surface area contributed by atoms with E-state index in [-0.39, 0.29) is 17.4 Å². The number of carbonyl (C=O) groups excluding carboxylic acids is 2. The average Bonchev–Trinajstić information content (AvgIpc) is 2.81. The topological polar surface area (TPSA) is 55.9 Å². The first-order valence-corrected chi connectivity index (χ1v) is 10.6. The molecule has 1 saturated carbocycles. The lowest BCUT2D eigenvalue weighted by Crippen LogP contribution is -2.62. The standard InChI is InChI=1S/C21H36N4O2/c1-3-12-25-13-11-21(10-9-20(25)27)17-24(15-14-23(21)2)16-19(26)22-18-7-5-4-6-8-18/h3,18H,1,4-17H2,2H3,(H,22,26)/t21-/m1/s1. The molecule has 0 radical (unpaired) electrons. The van der Waals surface area contributed by atoms with Crippen LogP contribution in [0.4, 0.5) is 0 Å². The van der Waals surface area contributed by atoms with Gasteiger partial charge in [0.2, 0.25) is 11.8 Å². The van der Waals surface area contributed by atoms with E-state index in [1.165, 1.54) is 19.3 Å². The van der Waals surface area contributed by atoms with Crippen molar-refractivity contribution in [2.75, 3.05) is 46.3 Å². The molecule has 27 heavy (non-hydrogen) atoms. The van der Waals surface area contributed by atoms with Crippen molar-refractivity contribution in [3.8, 4) is 0 Å². The average molecular weight is 377 g/mol. The molecule has 2 heterocycles. The number of rotatable bonds is 5. The third-order valence-corrected chi connectivity index (χ3v) is 6.77. The maximum Gasteiger partial charge on any atom is 0.234 e. The molecule has 3 aliphatic rings. The molecular weight excluding hydrogens is 340 g/mol. The quantitative estimate of drug-likeness (QED) is 0.741. The molecule has 0 aromatic carbocycles. The summed E-state index contributed by atoms with van der Waals surface area (Å²) in [4.78, 5) is 31.6. The van der Waals surface area contributed by atoms with Crippen molar-refractivity contribution < 1.29 is 9.59 Å². The van der Waals surface area contributed by atoms with E-state index in [2.05, 4.69) is 28.7 Å². The summed E-state index contributed by atoms with van der Waals surface area (Å²) < 4.78 is 0. The van der Waals surface area contributed by atoms with Crippen LogP contribution in [0.2, 0.25) is 0 Å². The Balaban J connectivity index is 1.57. The number of hydrogen-bond acceptors (Lipinski definition) is 4.